The number of halogens is 3. The Hall–Kier alpha value is -1.98. The molecule has 0 aliphatic rings. The third-order valence-corrected chi connectivity index (χ3v) is 3.74. The van der Waals surface area contributed by atoms with E-state index < -0.39 is 17.7 Å². The van der Waals surface area contributed by atoms with Crippen molar-refractivity contribution in [1.29, 1.82) is 0 Å². The van der Waals surface area contributed by atoms with Gasteiger partial charge in [-0.15, -0.1) is 0 Å². The Labute approximate surface area is 138 Å². The first kappa shape index (κ1) is 17.4. The van der Waals surface area contributed by atoms with E-state index in [9.17, 15) is 18.7 Å². The lowest BCUT2D eigenvalue weighted by Crippen LogP contribution is -2.27. The Balaban J connectivity index is 1.98. The monoisotopic (exact) mass is 339 g/mol. The number of hydrogen-bond donors (Lipinski definition) is 1. The van der Waals surface area contributed by atoms with Gasteiger partial charge in [0.05, 0.1) is 17.5 Å². The summed E-state index contributed by atoms with van der Waals surface area (Å²) in [6, 6.07) is 9.78. The molecule has 0 aliphatic carbocycles. The summed E-state index contributed by atoms with van der Waals surface area (Å²) >= 11 is 5.61. The molecule has 1 N–H and O–H groups in total. The molecule has 0 saturated carbocycles. The van der Waals surface area contributed by atoms with Crippen LogP contribution in [0.2, 0.25) is 5.02 Å². The largest absolute Gasteiger partial charge is 0.388 e. The quantitative estimate of drug-likeness (QED) is 0.902. The molecular formula is C17H16ClF2NO2. The van der Waals surface area contributed by atoms with Gasteiger partial charge in [-0.25, -0.2) is 8.78 Å². The van der Waals surface area contributed by atoms with E-state index >= 15 is 0 Å². The van der Waals surface area contributed by atoms with Crippen molar-refractivity contribution >= 4 is 17.5 Å². The van der Waals surface area contributed by atoms with Crippen molar-refractivity contribution in [2.45, 2.75) is 19.1 Å². The molecule has 122 valence electrons. The van der Waals surface area contributed by atoms with Crippen LogP contribution in [0.1, 0.15) is 23.7 Å². The van der Waals surface area contributed by atoms with E-state index in [1.165, 1.54) is 35.2 Å². The molecule has 1 amide bonds. The number of rotatable bonds is 5. The minimum absolute atomic E-state index is 0.0178. The maximum absolute atomic E-state index is 13.4. The van der Waals surface area contributed by atoms with Gasteiger partial charge in [-0.3, -0.25) is 4.79 Å². The van der Waals surface area contributed by atoms with Gasteiger partial charge < -0.3 is 10.0 Å². The average Bonchev–Trinajstić information content (AvgIpc) is 2.50. The van der Waals surface area contributed by atoms with Crippen molar-refractivity contribution in [3.05, 3.63) is 70.2 Å². The second-order valence-electron chi connectivity index (χ2n) is 5.27. The predicted octanol–water partition coefficient (Wildman–Crippen LogP) is 3.70. The van der Waals surface area contributed by atoms with E-state index in [0.717, 1.165) is 0 Å². The van der Waals surface area contributed by atoms with Gasteiger partial charge in [-0.1, -0.05) is 29.8 Å². The van der Waals surface area contributed by atoms with Crippen LogP contribution in [0.5, 0.6) is 0 Å². The Morgan fingerprint density at radius 1 is 1.26 bits per heavy atom. The summed E-state index contributed by atoms with van der Waals surface area (Å²) in [7, 11) is 1.55. The summed E-state index contributed by atoms with van der Waals surface area (Å²) in [5.41, 5.74) is 0.923. The minimum Gasteiger partial charge on any atom is -0.388 e. The van der Waals surface area contributed by atoms with Crippen LogP contribution < -0.4 is 0 Å². The van der Waals surface area contributed by atoms with Crippen LogP contribution in [0.25, 0.3) is 0 Å². The lowest BCUT2D eigenvalue weighted by molar-refractivity contribution is -0.132. The molecule has 1 unspecified atom stereocenters. The van der Waals surface area contributed by atoms with Gasteiger partial charge in [0.1, 0.15) is 11.6 Å². The Kier molecular flexibility index (Phi) is 5.69. The molecule has 0 aromatic heterocycles. The maximum Gasteiger partial charge on any atom is 0.225 e. The predicted molar refractivity (Wildman–Crippen MR) is 83.9 cm³/mol. The summed E-state index contributed by atoms with van der Waals surface area (Å²) in [4.78, 5) is 13.5. The highest BCUT2D eigenvalue weighted by molar-refractivity contribution is 6.30. The number of aliphatic hydroxyl groups is 1. The Morgan fingerprint density at radius 2 is 2.00 bits per heavy atom. The van der Waals surface area contributed by atoms with Crippen molar-refractivity contribution in [2.24, 2.45) is 0 Å². The van der Waals surface area contributed by atoms with Gasteiger partial charge in [-0.2, -0.15) is 0 Å². The van der Waals surface area contributed by atoms with E-state index in [2.05, 4.69) is 0 Å². The first-order chi connectivity index (χ1) is 10.9. The normalized spacial score (nSPS) is 12.0. The summed E-state index contributed by atoms with van der Waals surface area (Å²) < 4.78 is 26.5. The Bertz CT molecular complexity index is 709. The highest BCUT2D eigenvalue weighted by Crippen LogP contribution is 2.20. The summed E-state index contributed by atoms with van der Waals surface area (Å²) in [5, 5.41) is 10.0. The lowest BCUT2D eigenvalue weighted by atomic mass is 10.1. The van der Waals surface area contributed by atoms with Crippen LogP contribution in [0.15, 0.2) is 42.5 Å². The number of benzene rings is 2. The van der Waals surface area contributed by atoms with Gasteiger partial charge in [0, 0.05) is 13.6 Å². The van der Waals surface area contributed by atoms with Gasteiger partial charge in [0.15, 0.2) is 0 Å². The van der Waals surface area contributed by atoms with E-state index in [1.807, 2.05) is 0 Å². The van der Waals surface area contributed by atoms with E-state index in [-0.39, 0.29) is 23.9 Å². The van der Waals surface area contributed by atoms with E-state index in [4.69, 9.17) is 11.6 Å². The first-order valence-corrected chi connectivity index (χ1v) is 7.36. The zero-order valence-electron chi connectivity index (χ0n) is 12.5. The molecule has 0 radical (unpaired) electrons. The standard InChI is InChI=1S/C17H16ClF2NO2/c1-21(10-11-5-6-14(18)15(20)7-11)17(23)9-16(22)12-3-2-4-13(19)8-12/h2-8,16,22H,9-10H2,1H3. The molecule has 1 atom stereocenters. The number of carbonyl (C=O) groups excluding carboxylic acids is 1. The number of carbonyl (C=O) groups is 1. The second kappa shape index (κ2) is 7.53. The van der Waals surface area contributed by atoms with Gasteiger partial charge >= 0.3 is 0 Å². The molecule has 3 nitrogen and oxygen atoms in total. The summed E-state index contributed by atoms with van der Waals surface area (Å²) in [6.45, 7) is 0.183. The van der Waals surface area contributed by atoms with Crippen molar-refractivity contribution < 1.29 is 18.7 Å². The zero-order chi connectivity index (χ0) is 17.0. The fourth-order valence-corrected chi connectivity index (χ4v) is 2.27. The summed E-state index contributed by atoms with van der Waals surface area (Å²) in [6.07, 6.45) is -1.28. The molecule has 0 fully saturated rings. The molecular weight excluding hydrogens is 324 g/mol. The third-order valence-electron chi connectivity index (χ3n) is 3.43. The fourth-order valence-electron chi connectivity index (χ4n) is 2.15. The fraction of sp³-hybridized carbons (Fsp3) is 0.235. The van der Waals surface area contributed by atoms with Gasteiger partial charge in [0.2, 0.25) is 5.91 Å². The molecule has 0 aliphatic heterocycles. The van der Waals surface area contributed by atoms with Crippen LogP contribution >= 0.6 is 11.6 Å². The van der Waals surface area contributed by atoms with Crippen LogP contribution in [-0.2, 0) is 11.3 Å². The Morgan fingerprint density at radius 3 is 2.65 bits per heavy atom. The number of nitrogens with zero attached hydrogens (tertiary/aromatic N) is 1. The number of hydrogen-bond acceptors (Lipinski definition) is 2. The maximum atomic E-state index is 13.4. The van der Waals surface area contributed by atoms with Crippen LogP contribution in [-0.4, -0.2) is 23.0 Å². The van der Waals surface area contributed by atoms with Gasteiger partial charge in [-0.05, 0) is 35.4 Å². The van der Waals surface area contributed by atoms with Crippen LogP contribution in [0, 0.1) is 11.6 Å². The minimum atomic E-state index is -1.09. The molecule has 0 saturated heterocycles. The van der Waals surface area contributed by atoms with Crippen molar-refractivity contribution in [3.63, 3.8) is 0 Å². The lowest BCUT2D eigenvalue weighted by Gasteiger charge is -2.19. The van der Waals surface area contributed by atoms with Crippen LogP contribution in [0.3, 0.4) is 0 Å². The third kappa shape index (κ3) is 4.74. The second-order valence-corrected chi connectivity index (χ2v) is 5.68. The highest BCUT2D eigenvalue weighted by atomic mass is 35.5. The van der Waals surface area contributed by atoms with Crippen molar-refractivity contribution in [2.75, 3.05) is 7.05 Å². The van der Waals surface area contributed by atoms with E-state index in [0.29, 0.717) is 11.1 Å². The van der Waals surface area contributed by atoms with E-state index in [1.54, 1.807) is 19.2 Å². The average molecular weight is 340 g/mol. The van der Waals surface area contributed by atoms with Crippen molar-refractivity contribution in [1.82, 2.24) is 4.90 Å². The van der Waals surface area contributed by atoms with Gasteiger partial charge in [0.25, 0.3) is 0 Å². The van der Waals surface area contributed by atoms with Crippen molar-refractivity contribution in [3.8, 4) is 0 Å². The number of aliphatic hydroxyl groups excluding tert-OH is 1. The zero-order valence-corrected chi connectivity index (χ0v) is 13.2. The smallest absolute Gasteiger partial charge is 0.225 e. The van der Waals surface area contributed by atoms with Crippen LogP contribution in [0.4, 0.5) is 8.78 Å². The molecule has 23 heavy (non-hydrogen) atoms. The molecule has 0 spiro atoms. The molecule has 2 rings (SSSR count). The molecule has 6 heteroatoms. The molecule has 2 aromatic rings. The highest BCUT2D eigenvalue weighted by Gasteiger charge is 2.17. The topological polar surface area (TPSA) is 40.5 Å². The molecule has 0 bridgehead atoms. The molecule has 0 heterocycles. The first-order valence-electron chi connectivity index (χ1n) is 6.98. The summed E-state index contributed by atoms with van der Waals surface area (Å²) in [5.74, 6) is -1.36. The molecule has 2 aromatic carbocycles. The number of amides is 1. The SMILES string of the molecule is CN(Cc1ccc(Cl)c(F)c1)C(=O)CC(O)c1cccc(F)c1.